The summed E-state index contributed by atoms with van der Waals surface area (Å²) in [6.45, 7) is 2.43. The molecule has 2 aromatic rings. The summed E-state index contributed by atoms with van der Waals surface area (Å²) < 4.78 is 0. The second-order valence-corrected chi connectivity index (χ2v) is 7.18. The van der Waals surface area contributed by atoms with Crippen LogP contribution < -0.4 is 0 Å². The molecule has 0 radical (unpaired) electrons. The molecule has 1 aliphatic heterocycles. The average Bonchev–Trinajstić information content (AvgIpc) is 2.63. The lowest BCUT2D eigenvalue weighted by molar-refractivity contribution is 0.0811. The third-order valence-corrected chi connectivity index (χ3v) is 5.38. The molecule has 0 unspecified atom stereocenters. The monoisotopic (exact) mass is 341 g/mol. The predicted molar refractivity (Wildman–Crippen MR) is 98.7 cm³/mol. The predicted octanol–water partition coefficient (Wildman–Crippen LogP) is 4.21. The number of phenols is 1. The fraction of sp³-hybridized carbons (Fsp3) is 0.350. The quantitative estimate of drug-likeness (QED) is 0.653. The molecule has 1 saturated heterocycles. The third-order valence-electron chi connectivity index (χ3n) is 4.64. The van der Waals surface area contributed by atoms with E-state index >= 15 is 0 Å². The molecule has 0 saturated carbocycles. The zero-order valence-electron chi connectivity index (χ0n) is 13.9. The molecule has 24 heavy (non-hydrogen) atoms. The summed E-state index contributed by atoms with van der Waals surface area (Å²) >= 11 is 1.68. The van der Waals surface area contributed by atoms with Crippen molar-refractivity contribution in [2.75, 3.05) is 19.3 Å². The molecule has 0 aliphatic carbocycles. The van der Waals surface area contributed by atoms with Crippen LogP contribution in [0, 0.1) is 5.92 Å². The van der Waals surface area contributed by atoms with E-state index in [2.05, 4.69) is 4.90 Å². The summed E-state index contributed by atoms with van der Waals surface area (Å²) in [6, 6.07) is 15.3. The highest BCUT2D eigenvalue weighted by Gasteiger charge is 2.26. The van der Waals surface area contributed by atoms with Gasteiger partial charge in [0.15, 0.2) is 5.78 Å². The number of hydrogen-bond donors (Lipinski definition) is 1. The lowest BCUT2D eigenvalue weighted by Gasteiger charge is -2.32. The first kappa shape index (κ1) is 17.1. The molecule has 3 rings (SSSR count). The first-order chi connectivity index (χ1) is 11.7. The number of piperidine rings is 1. The summed E-state index contributed by atoms with van der Waals surface area (Å²) in [5.74, 6) is 0.618. The minimum atomic E-state index is 0.0461. The van der Waals surface area contributed by atoms with E-state index in [1.54, 1.807) is 17.8 Å². The van der Waals surface area contributed by atoms with Crippen molar-refractivity contribution in [2.45, 2.75) is 24.3 Å². The maximum Gasteiger partial charge on any atom is 0.167 e. The van der Waals surface area contributed by atoms with E-state index < -0.39 is 0 Å². The first-order valence-electron chi connectivity index (χ1n) is 8.35. The van der Waals surface area contributed by atoms with E-state index in [9.17, 15) is 9.90 Å². The Labute approximate surface area is 147 Å². The van der Waals surface area contributed by atoms with Gasteiger partial charge >= 0.3 is 0 Å². The average molecular weight is 341 g/mol. The Morgan fingerprint density at radius 2 is 1.96 bits per heavy atom. The number of thioether (sulfide) groups is 1. The largest absolute Gasteiger partial charge is 0.508 e. The maximum absolute atomic E-state index is 12.8. The molecule has 4 heteroatoms. The van der Waals surface area contributed by atoms with Gasteiger partial charge in [0.1, 0.15) is 5.75 Å². The lowest BCUT2D eigenvalue weighted by atomic mass is 9.90. The number of hydrogen-bond acceptors (Lipinski definition) is 4. The molecule has 1 aliphatic rings. The van der Waals surface area contributed by atoms with Gasteiger partial charge in [-0.2, -0.15) is 0 Å². The molecule has 3 nitrogen and oxygen atoms in total. The van der Waals surface area contributed by atoms with Crippen LogP contribution in [0.2, 0.25) is 0 Å². The van der Waals surface area contributed by atoms with Crippen LogP contribution >= 0.6 is 11.8 Å². The molecule has 0 amide bonds. The smallest absolute Gasteiger partial charge is 0.167 e. The molecule has 0 bridgehead atoms. The summed E-state index contributed by atoms with van der Waals surface area (Å²) in [7, 11) is 0. The van der Waals surface area contributed by atoms with E-state index in [0.29, 0.717) is 12.3 Å². The van der Waals surface area contributed by atoms with Crippen LogP contribution in [0.15, 0.2) is 53.4 Å². The van der Waals surface area contributed by atoms with Crippen molar-refractivity contribution in [3.05, 3.63) is 59.7 Å². The molecule has 0 spiro atoms. The van der Waals surface area contributed by atoms with Gasteiger partial charge in [-0.25, -0.2) is 0 Å². The Kier molecular flexibility index (Phi) is 5.59. The molecular weight excluding hydrogens is 318 g/mol. The number of ketones is 1. The zero-order valence-corrected chi connectivity index (χ0v) is 14.8. The van der Waals surface area contributed by atoms with E-state index in [-0.39, 0.29) is 11.7 Å². The minimum absolute atomic E-state index is 0.0461. The summed E-state index contributed by atoms with van der Waals surface area (Å²) in [5.41, 5.74) is 1.73. The number of benzene rings is 2. The fourth-order valence-electron chi connectivity index (χ4n) is 3.29. The van der Waals surface area contributed by atoms with Crippen LogP contribution in [-0.4, -0.2) is 35.1 Å². The fourth-order valence-corrected chi connectivity index (χ4v) is 3.70. The Balaban J connectivity index is 1.66. The maximum atomic E-state index is 12.8. The van der Waals surface area contributed by atoms with Crippen LogP contribution in [0.5, 0.6) is 5.75 Å². The molecule has 126 valence electrons. The molecule has 1 N–H and O–H groups in total. The highest BCUT2D eigenvalue weighted by atomic mass is 32.2. The Bertz CT molecular complexity index is 699. The Hall–Kier alpha value is -1.78. The number of aromatic hydroxyl groups is 1. The number of carbonyl (C=O) groups excluding carboxylic acids is 1. The summed E-state index contributed by atoms with van der Waals surface area (Å²) in [4.78, 5) is 16.2. The molecular formula is C20H23NO2S. The second-order valence-electron chi connectivity index (χ2n) is 6.30. The molecule has 2 aromatic carbocycles. The van der Waals surface area contributed by atoms with Gasteiger partial charge in [-0.05, 0) is 43.8 Å². The normalized spacial score (nSPS) is 18.5. The van der Waals surface area contributed by atoms with Crippen molar-refractivity contribution >= 4 is 17.5 Å². The van der Waals surface area contributed by atoms with E-state index in [1.165, 1.54) is 4.90 Å². The van der Waals surface area contributed by atoms with Crippen molar-refractivity contribution in [3.8, 4) is 5.75 Å². The van der Waals surface area contributed by atoms with Crippen molar-refractivity contribution in [2.24, 2.45) is 5.92 Å². The van der Waals surface area contributed by atoms with Crippen LogP contribution in [0.3, 0.4) is 0 Å². The molecule has 1 fully saturated rings. The summed E-state index contributed by atoms with van der Waals surface area (Å²) in [5, 5.41) is 9.95. The van der Waals surface area contributed by atoms with Crippen molar-refractivity contribution in [3.63, 3.8) is 0 Å². The number of Topliss-reactive ketones (excluding diaryl/α,β-unsaturated/α-hetero) is 1. The highest BCUT2D eigenvalue weighted by molar-refractivity contribution is 7.98. The number of rotatable bonds is 5. The van der Waals surface area contributed by atoms with Crippen LogP contribution in [0.25, 0.3) is 0 Å². The van der Waals surface area contributed by atoms with Gasteiger partial charge in [-0.3, -0.25) is 9.69 Å². The zero-order chi connectivity index (χ0) is 16.9. The lowest BCUT2D eigenvalue weighted by Crippen LogP contribution is -2.38. The number of para-hydroxylation sites is 1. The first-order valence-corrected chi connectivity index (χ1v) is 9.57. The van der Waals surface area contributed by atoms with E-state index in [4.69, 9.17) is 0 Å². The van der Waals surface area contributed by atoms with Gasteiger partial charge in [-0.15, -0.1) is 11.8 Å². The van der Waals surface area contributed by atoms with Gasteiger partial charge in [0.25, 0.3) is 0 Å². The number of likely N-dealkylation sites (tertiary alicyclic amines) is 1. The molecule has 0 aromatic heterocycles. The Morgan fingerprint density at radius 1 is 1.21 bits per heavy atom. The van der Waals surface area contributed by atoms with Crippen LogP contribution in [-0.2, 0) is 6.54 Å². The standard InChI is InChI=1S/C20H23NO2S/c1-24-18-10-8-15(9-11-18)20(23)17-6-4-12-21(14-17)13-16-5-2-3-7-19(16)22/h2-3,5,7-11,17,22H,4,6,12-14H2,1H3/t17-/m1/s1. The van der Waals surface area contributed by atoms with Gasteiger partial charge in [0.05, 0.1) is 0 Å². The highest BCUT2D eigenvalue weighted by Crippen LogP contribution is 2.25. The van der Waals surface area contributed by atoms with Gasteiger partial charge in [0.2, 0.25) is 0 Å². The van der Waals surface area contributed by atoms with E-state index in [1.807, 2.05) is 48.7 Å². The number of carbonyl (C=O) groups is 1. The molecule has 1 atom stereocenters. The summed E-state index contributed by atoms with van der Waals surface area (Å²) in [6.07, 6.45) is 4.00. The minimum Gasteiger partial charge on any atom is -0.508 e. The SMILES string of the molecule is CSc1ccc(C(=O)[C@@H]2CCCN(Cc3ccccc3O)C2)cc1. The van der Waals surface area contributed by atoms with Crippen LogP contribution in [0.1, 0.15) is 28.8 Å². The van der Waals surface area contributed by atoms with Crippen LogP contribution in [0.4, 0.5) is 0 Å². The van der Waals surface area contributed by atoms with E-state index in [0.717, 1.165) is 37.1 Å². The topological polar surface area (TPSA) is 40.5 Å². The number of nitrogens with zero attached hydrogens (tertiary/aromatic N) is 1. The van der Waals surface area contributed by atoms with Gasteiger partial charge < -0.3 is 5.11 Å². The van der Waals surface area contributed by atoms with Gasteiger partial charge in [-0.1, -0.05) is 30.3 Å². The second kappa shape index (κ2) is 7.86. The number of phenolic OH excluding ortho intramolecular Hbond substituents is 1. The van der Waals surface area contributed by atoms with Crippen molar-refractivity contribution in [1.29, 1.82) is 0 Å². The van der Waals surface area contributed by atoms with Crippen molar-refractivity contribution in [1.82, 2.24) is 4.90 Å². The van der Waals surface area contributed by atoms with Gasteiger partial charge in [0, 0.05) is 35.0 Å². The molecule has 1 heterocycles. The van der Waals surface area contributed by atoms with Crippen molar-refractivity contribution < 1.29 is 9.90 Å². The third kappa shape index (κ3) is 4.00. The Morgan fingerprint density at radius 3 is 2.67 bits per heavy atom.